The molecule has 0 aromatic heterocycles. The molecule has 5 atom stereocenters. The summed E-state index contributed by atoms with van der Waals surface area (Å²) in [5, 5.41) is 0. The normalized spacial score (nSPS) is 40.6. The van der Waals surface area contributed by atoms with E-state index >= 15 is 0 Å². The van der Waals surface area contributed by atoms with Gasteiger partial charge in [0.25, 0.3) is 0 Å². The third-order valence-electron chi connectivity index (χ3n) is 6.10. The lowest BCUT2D eigenvalue weighted by Crippen LogP contribution is -2.55. The van der Waals surface area contributed by atoms with Gasteiger partial charge in [-0.15, -0.1) is 0 Å². The highest BCUT2D eigenvalue weighted by Crippen LogP contribution is 2.45. The Kier molecular flexibility index (Phi) is 4.89. The van der Waals surface area contributed by atoms with Gasteiger partial charge in [0.15, 0.2) is 11.6 Å². The molecule has 0 spiro atoms. The average Bonchev–Trinajstić information content (AvgIpc) is 2.51. The fourth-order valence-electron chi connectivity index (χ4n) is 4.77. The Morgan fingerprint density at radius 2 is 2.00 bits per heavy atom. The Morgan fingerprint density at radius 1 is 1.28 bits per heavy atom. The van der Waals surface area contributed by atoms with Crippen LogP contribution in [-0.2, 0) is 23.9 Å². The molecule has 0 amide bonds. The molecule has 1 saturated carbocycles. The monoisotopic (exact) mass is 348 g/mol. The van der Waals surface area contributed by atoms with Crippen LogP contribution in [0.25, 0.3) is 0 Å². The highest BCUT2D eigenvalue weighted by Gasteiger charge is 2.51. The minimum Gasteiger partial charge on any atom is -0.456 e. The second-order valence-corrected chi connectivity index (χ2v) is 8.22. The largest absolute Gasteiger partial charge is 0.456 e. The molecule has 138 valence electrons. The smallest absolute Gasteiger partial charge is 0.303 e. The first kappa shape index (κ1) is 18.3. The third kappa shape index (κ3) is 3.31. The Morgan fingerprint density at radius 3 is 2.64 bits per heavy atom. The highest BCUT2D eigenvalue weighted by molar-refractivity contribution is 5.98. The predicted molar refractivity (Wildman–Crippen MR) is 91.8 cm³/mol. The molecular weight excluding hydrogens is 320 g/mol. The molecule has 1 saturated heterocycles. The molecular formula is C20H28O5. The minimum absolute atomic E-state index is 0.0691. The van der Waals surface area contributed by atoms with Crippen molar-refractivity contribution in [2.75, 3.05) is 0 Å². The predicted octanol–water partition coefficient (Wildman–Crippen LogP) is 3.01. The lowest BCUT2D eigenvalue weighted by molar-refractivity contribution is -0.196. The molecule has 0 N–H and O–H groups in total. The van der Waals surface area contributed by atoms with Gasteiger partial charge in [-0.1, -0.05) is 19.9 Å². The molecule has 1 aliphatic carbocycles. The van der Waals surface area contributed by atoms with Crippen molar-refractivity contribution >= 4 is 17.5 Å². The number of hydrogen-bond acceptors (Lipinski definition) is 5. The first-order valence-corrected chi connectivity index (χ1v) is 9.34. The van der Waals surface area contributed by atoms with Crippen LogP contribution < -0.4 is 0 Å². The van der Waals surface area contributed by atoms with Gasteiger partial charge in [-0.2, -0.15) is 0 Å². The molecule has 3 rings (SSSR count). The van der Waals surface area contributed by atoms with Crippen molar-refractivity contribution in [1.29, 1.82) is 0 Å². The van der Waals surface area contributed by atoms with Gasteiger partial charge in [0.2, 0.25) is 0 Å². The van der Waals surface area contributed by atoms with Crippen LogP contribution in [0, 0.1) is 17.8 Å². The Labute approximate surface area is 149 Å². The molecule has 0 aromatic carbocycles. The maximum absolute atomic E-state index is 12.7. The number of carbonyl (C=O) groups is 3. The van der Waals surface area contributed by atoms with Crippen molar-refractivity contribution in [2.24, 2.45) is 17.8 Å². The van der Waals surface area contributed by atoms with E-state index in [9.17, 15) is 14.4 Å². The van der Waals surface area contributed by atoms with Gasteiger partial charge in [0.05, 0.1) is 6.10 Å². The average molecular weight is 348 g/mol. The van der Waals surface area contributed by atoms with Crippen molar-refractivity contribution < 1.29 is 23.9 Å². The Bertz CT molecular complexity index is 620. The molecule has 5 nitrogen and oxygen atoms in total. The van der Waals surface area contributed by atoms with E-state index in [0.717, 1.165) is 6.42 Å². The quantitative estimate of drug-likeness (QED) is 0.718. The number of hydrogen-bond donors (Lipinski definition) is 0. The summed E-state index contributed by atoms with van der Waals surface area (Å²) in [6.45, 7) is 7.51. The molecule has 25 heavy (non-hydrogen) atoms. The lowest BCUT2D eigenvalue weighted by Gasteiger charge is -2.48. The fraction of sp³-hybridized carbons (Fsp3) is 0.750. The van der Waals surface area contributed by atoms with E-state index in [1.807, 2.05) is 13.0 Å². The van der Waals surface area contributed by atoms with E-state index < -0.39 is 11.7 Å². The van der Waals surface area contributed by atoms with Crippen LogP contribution in [-0.4, -0.2) is 35.3 Å². The SMILES string of the molecule is CC(=O)O[C@]1(C)C/C=C2/C(=O)CC[C@H](C(C)C)[C@H]2[C@H]2O[C@@H]1CCC2=O. The number of ketones is 2. The van der Waals surface area contributed by atoms with Crippen molar-refractivity contribution in [3.8, 4) is 0 Å². The van der Waals surface area contributed by atoms with Crippen LogP contribution in [0.3, 0.4) is 0 Å². The van der Waals surface area contributed by atoms with Gasteiger partial charge in [-0.3, -0.25) is 14.4 Å². The van der Waals surface area contributed by atoms with Crippen LogP contribution >= 0.6 is 0 Å². The minimum atomic E-state index is -0.839. The summed E-state index contributed by atoms with van der Waals surface area (Å²) in [4.78, 5) is 36.9. The van der Waals surface area contributed by atoms with Gasteiger partial charge in [-0.05, 0) is 37.2 Å². The van der Waals surface area contributed by atoms with Crippen LogP contribution in [0.4, 0.5) is 0 Å². The summed E-state index contributed by atoms with van der Waals surface area (Å²) >= 11 is 0. The van der Waals surface area contributed by atoms with Crippen molar-refractivity contribution in [2.45, 2.75) is 77.6 Å². The lowest BCUT2D eigenvalue weighted by atomic mass is 9.65. The van der Waals surface area contributed by atoms with Gasteiger partial charge >= 0.3 is 5.97 Å². The standard InChI is InChI=1S/C20H28O5/c1-11(2)13-5-6-15(22)14-9-10-20(4,25-12(3)21)17-8-7-16(23)19(24-17)18(13)14/h9,11,13,17-19H,5-8,10H2,1-4H3/b14-9-/t13-,17-,18-,19+,20-/m1/s1. The zero-order valence-electron chi connectivity index (χ0n) is 15.5. The van der Waals surface area contributed by atoms with Gasteiger partial charge in [-0.25, -0.2) is 0 Å². The summed E-state index contributed by atoms with van der Waals surface area (Å²) in [6, 6.07) is 0. The van der Waals surface area contributed by atoms with E-state index in [4.69, 9.17) is 9.47 Å². The second kappa shape index (κ2) is 6.67. The molecule has 2 aliphatic heterocycles. The molecule has 2 bridgehead atoms. The summed E-state index contributed by atoms with van der Waals surface area (Å²) in [5.74, 6) is 0.267. The van der Waals surface area contributed by atoms with E-state index in [2.05, 4.69) is 13.8 Å². The van der Waals surface area contributed by atoms with E-state index in [1.54, 1.807) is 0 Å². The maximum Gasteiger partial charge on any atom is 0.303 e. The van der Waals surface area contributed by atoms with Gasteiger partial charge < -0.3 is 9.47 Å². The molecule has 3 aliphatic rings. The van der Waals surface area contributed by atoms with Gasteiger partial charge in [0.1, 0.15) is 11.7 Å². The van der Waals surface area contributed by atoms with E-state index in [0.29, 0.717) is 37.2 Å². The molecule has 0 unspecified atom stereocenters. The number of Topliss-reactive ketones (excluding diaryl/α,β-unsaturated/α-hetero) is 2. The second-order valence-electron chi connectivity index (χ2n) is 8.22. The topological polar surface area (TPSA) is 69.7 Å². The Hall–Kier alpha value is -1.49. The third-order valence-corrected chi connectivity index (χ3v) is 6.10. The number of rotatable bonds is 2. The first-order chi connectivity index (χ1) is 11.7. The van der Waals surface area contributed by atoms with E-state index in [1.165, 1.54) is 6.92 Å². The Balaban J connectivity index is 2.06. The van der Waals surface area contributed by atoms with Crippen LogP contribution in [0.1, 0.15) is 59.8 Å². The fourth-order valence-corrected chi connectivity index (χ4v) is 4.77. The van der Waals surface area contributed by atoms with E-state index in [-0.39, 0.29) is 35.5 Å². The number of ether oxygens (including phenoxy) is 2. The van der Waals surface area contributed by atoms with Crippen LogP contribution in [0.5, 0.6) is 0 Å². The highest BCUT2D eigenvalue weighted by atomic mass is 16.6. The van der Waals surface area contributed by atoms with Crippen LogP contribution in [0.2, 0.25) is 0 Å². The van der Waals surface area contributed by atoms with Crippen LogP contribution in [0.15, 0.2) is 11.6 Å². The maximum atomic E-state index is 12.7. The van der Waals surface area contributed by atoms with Crippen molar-refractivity contribution in [3.05, 3.63) is 11.6 Å². The zero-order valence-corrected chi connectivity index (χ0v) is 15.5. The summed E-state index contributed by atoms with van der Waals surface area (Å²) in [7, 11) is 0. The summed E-state index contributed by atoms with van der Waals surface area (Å²) in [6.07, 6.45) is 3.73. The number of carbonyl (C=O) groups excluding carboxylic acids is 3. The zero-order chi connectivity index (χ0) is 18.4. The molecule has 2 heterocycles. The molecule has 5 heteroatoms. The molecule has 0 aromatic rings. The number of esters is 1. The summed E-state index contributed by atoms with van der Waals surface area (Å²) in [5.41, 5.74) is -0.129. The van der Waals surface area contributed by atoms with Gasteiger partial charge in [0, 0.05) is 32.1 Å². The first-order valence-electron chi connectivity index (χ1n) is 9.34. The number of fused-ring (bicyclic) bond motifs is 4. The molecule has 2 fully saturated rings. The van der Waals surface area contributed by atoms with Crippen molar-refractivity contribution in [3.63, 3.8) is 0 Å². The summed E-state index contributed by atoms with van der Waals surface area (Å²) < 4.78 is 11.8. The molecule has 0 radical (unpaired) electrons. The van der Waals surface area contributed by atoms with Crippen molar-refractivity contribution in [1.82, 2.24) is 0 Å².